The summed E-state index contributed by atoms with van der Waals surface area (Å²) < 4.78 is 34.2. The zero-order valence-corrected chi connectivity index (χ0v) is 13.8. The van der Waals surface area contributed by atoms with Gasteiger partial charge in [0.2, 0.25) is 11.7 Å². The topological polar surface area (TPSA) is 82.3 Å². The maximum absolute atomic E-state index is 11.5. The minimum atomic E-state index is -3.91. The van der Waals surface area contributed by atoms with Gasteiger partial charge in [0.1, 0.15) is 10.6 Å². The van der Waals surface area contributed by atoms with Gasteiger partial charge in [-0.05, 0) is 31.0 Å². The number of aromatic nitrogens is 2. The Labute approximate surface area is 134 Å². The fourth-order valence-corrected chi connectivity index (χ4v) is 3.27. The number of rotatable bonds is 5. The lowest BCUT2D eigenvalue weighted by Crippen LogP contribution is -2.02. The first kappa shape index (κ1) is 14.8. The standard InChI is InChI=1S/C12H10BrClN2O4S/c13-8-3-4-9(10(5-8)21(14,17)18)19-6-11-15-12(20-16-11)7-1-2-7/h3-5,7H,1-2,6H2. The van der Waals surface area contributed by atoms with Crippen molar-refractivity contribution in [3.63, 3.8) is 0 Å². The smallest absolute Gasteiger partial charge is 0.265 e. The van der Waals surface area contributed by atoms with Crippen molar-refractivity contribution in [1.29, 1.82) is 0 Å². The molecule has 2 aromatic rings. The number of hydrogen-bond acceptors (Lipinski definition) is 6. The second-order valence-electron chi connectivity index (χ2n) is 4.64. The van der Waals surface area contributed by atoms with Crippen LogP contribution in [0.1, 0.15) is 30.5 Å². The van der Waals surface area contributed by atoms with Gasteiger partial charge in [-0.25, -0.2) is 8.42 Å². The summed E-state index contributed by atoms with van der Waals surface area (Å²) in [6.45, 7) is 0.0112. The summed E-state index contributed by atoms with van der Waals surface area (Å²) in [5.74, 6) is 1.48. The zero-order valence-electron chi connectivity index (χ0n) is 10.6. The molecule has 1 aromatic heterocycles. The Hall–Kier alpha value is -1.12. The SMILES string of the molecule is O=S(=O)(Cl)c1cc(Br)ccc1OCc1noc(C2CC2)n1. The molecule has 0 saturated heterocycles. The molecule has 1 aliphatic rings. The van der Waals surface area contributed by atoms with Crippen LogP contribution in [0.3, 0.4) is 0 Å². The van der Waals surface area contributed by atoms with E-state index in [9.17, 15) is 8.42 Å². The molecule has 0 atom stereocenters. The average molecular weight is 394 g/mol. The molecule has 0 bridgehead atoms. The number of hydrogen-bond donors (Lipinski definition) is 0. The van der Waals surface area contributed by atoms with E-state index < -0.39 is 9.05 Å². The molecule has 0 amide bonds. The molecule has 9 heteroatoms. The highest BCUT2D eigenvalue weighted by Crippen LogP contribution is 2.39. The Balaban J connectivity index is 1.77. The molecule has 3 rings (SSSR count). The summed E-state index contributed by atoms with van der Waals surface area (Å²) in [7, 11) is 1.49. The van der Waals surface area contributed by atoms with Crippen molar-refractivity contribution in [2.75, 3.05) is 0 Å². The predicted octanol–water partition coefficient (Wildman–Crippen LogP) is 3.22. The molecule has 1 saturated carbocycles. The number of benzene rings is 1. The third-order valence-corrected chi connectivity index (χ3v) is 4.77. The molecular formula is C12H10BrClN2O4S. The first-order valence-electron chi connectivity index (χ1n) is 6.13. The summed E-state index contributed by atoms with van der Waals surface area (Å²) in [5, 5.41) is 3.80. The van der Waals surface area contributed by atoms with Crippen molar-refractivity contribution in [1.82, 2.24) is 10.1 Å². The summed E-state index contributed by atoms with van der Waals surface area (Å²) in [6, 6.07) is 4.55. The number of halogens is 2. The van der Waals surface area contributed by atoms with Crippen LogP contribution in [-0.4, -0.2) is 18.6 Å². The van der Waals surface area contributed by atoms with Crippen LogP contribution in [0.25, 0.3) is 0 Å². The lowest BCUT2D eigenvalue weighted by atomic mass is 10.3. The molecule has 0 N–H and O–H groups in total. The van der Waals surface area contributed by atoms with Gasteiger partial charge < -0.3 is 9.26 Å². The Kier molecular flexibility index (Phi) is 3.94. The van der Waals surface area contributed by atoms with Crippen LogP contribution < -0.4 is 4.74 Å². The van der Waals surface area contributed by atoms with Crippen LogP contribution in [0.15, 0.2) is 32.1 Å². The van der Waals surface area contributed by atoms with E-state index in [4.69, 9.17) is 19.9 Å². The molecule has 0 aliphatic heterocycles. The van der Waals surface area contributed by atoms with Crippen LogP contribution in [0.5, 0.6) is 5.75 Å². The van der Waals surface area contributed by atoms with E-state index in [1.54, 1.807) is 6.07 Å². The minimum absolute atomic E-state index is 0.0112. The summed E-state index contributed by atoms with van der Waals surface area (Å²) in [5.41, 5.74) is 0. The van der Waals surface area contributed by atoms with Gasteiger partial charge in [0.15, 0.2) is 6.61 Å². The van der Waals surface area contributed by atoms with Crippen LogP contribution >= 0.6 is 26.6 Å². The minimum Gasteiger partial charge on any atom is -0.484 e. The van der Waals surface area contributed by atoms with Crippen molar-refractivity contribution in [2.24, 2.45) is 0 Å². The van der Waals surface area contributed by atoms with E-state index in [2.05, 4.69) is 26.1 Å². The van der Waals surface area contributed by atoms with Crippen LogP contribution in [0.4, 0.5) is 0 Å². The van der Waals surface area contributed by atoms with Gasteiger partial charge in [-0.1, -0.05) is 21.1 Å². The molecule has 0 spiro atoms. The van der Waals surface area contributed by atoms with Gasteiger partial charge in [0, 0.05) is 21.1 Å². The lowest BCUT2D eigenvalue weighted by molar-refractivity contribution is 0.278. The molecule has 1 aromatic carbocycles. The van der Waals surface area contributed by atoms with E-state index in [1.165, 1.54) is 12.1 Å². The summed E-state index contributed by atoms with van der Waals surface area (Å²) in [4.78, 5) is 4.10. The van der Waals surface area contributed by atoms with Crippen molar-refractivity contribution in [3.05, 3.63) is 34.4 Å². The van der Waals surface area contributed by atoms with Crippen molar-refractivity contribution in [2.45, 2.75) is 30.3 Å². The maximum Gasteiger partial charge on any atom is 0.265 e. The van der Waals surface area contributed by atoms with Gasteiger partial charge in [-0.15, -0.1) is 0 Å². The highest BCUT2D eigenvalue weighted by atomic mass is 79.9. The largest absolute Gasteiger partial charge is 0.484 e. The predicted molar refractivity (Wildman–Crippen MR) is 77.8 cm³/mol. The molecular weight excluding hydrogens is 384 g/mol. The molecule has 6 nitrogen and oxygen atoms in total. The maximum atomic E-state index is 11.5. The van der Waals surface area contributed by atoms with Gasteiger partial charge in [0.05, 0.1) is 0 Å². The van der Waals surface area contributed by atoms with Gasteiger partial charge in [-0.2, -0.15) is 4.98 Å². The van der Waals surface area contributed by atoms with Crippen LogP contribution in [0, 0.1) is 0 Å². The quantitative estimate of drug-likeness (QED) is 0.725. The Morgan fingerprint density at radius 2 is 2.19 bits per heavy atom. The third-order valence-electron chi connectivity index (χ3n) is 2.94. The van der Waals surface area contributed by atoms with E-state index in [0.29, 0.717) is 22.1 Å². The highest BCUT2D eigenvalue weighted by molar-refractivity contribution is 9.10. The number of nitrogens with zero attached hydrogens (tertiary/aromatic N) is 2. The molecule has 0 radical (unpaired) electrons. The third kappa shape index (κ3) is 3.56. The highest BCUT2D eigenvalue weighted by Gasteiger charge is 2.29. The Morgan fingerprint density at radius 1 is 1.43 bits per heavy atom. The summed E-state index contributed by atoms with van der Waals surface area (Å²) in [6.07, 6.45) is 2.12. The fourth-order valence-electron chi connectivity index (χ4n) is 1.76. The van der Waals surface area contributed by atoms with Crippen molar-refractivity contribution in [3.8, 4) is 5.75 Å². The molecule has 1 heterocycles. The van der Waals surface area contributed by atoms with E-state index in [0.717, 1.165) is 12.8 Å². The van der Waals surface area contributed by atoms with Crippen molar-refractivity contribution >= 4 is 35.7 Å². The zero-order chi connectivity index (χ0) is 15.0. The molecule has 0 unspecified atom stereocenters. The second kappa shape index (κ2) is 5.58. The van der Waals surface area contributed by atoms with E-state index in [-0.39, 0.29) is 17.3 Å². The van der Waals surface area contributed by atoms with Crippen molar-refractivity contribution < 1.29 is 17.7 Å². The second-order valence-corrected chi connectivity index (χ2v) is 8.09. The lowest BCUT2D eigenvalue weighted by Gasteiger charge is -2.08. The monoisotopic (exact) mass is 392 g/mol. The normalized spacial score (nSPS) is 15.1. The fraction of sp³-hybridized carbons (Fsp3) is 0.333. The van der Waals surface area contributed by atoms with E-state index >= 15 is 0 Å². The first-order valence-corrected chi connectivity index (χ1v) is 9.23. The number of ether oxygens (including phenoxy) is 1. The Bertz CT molecular complexity index is 773. The van der Waals surface area contributed by atoms with Gasteiger partial charge in [-0.3, -0.25) is 0 Å². The molecule has 1 aliphatic carbocycles. The molecule has 112 valence electrons. The Morgan fingerprint density at radius 3 is 2.86 bits per heavy atom. The van der Waals surface area contributed by atoms with Gasteiger partial charge in [0.25, 0.3) is 9.05 Å². The summed E-state index contributed by atoms with van der Waals surface area (Å²) >= 11 is 3.19. The molecule has 1 fully saturated rings. The average Bonchev–Trinajstić information content (AvgIpc) is 3.16. The molecule has 21 heavy (non-hydrogen) atoms. The first-order chi connectivity index (χ1) is 9.93. The van der Waals surface area contributed by atoms with Crippen LogP contribution in [0.2, 0.25) is 0 Å². The van der Waals surface area contributed by atoms with Crippen LogP contribution in [-0.2, 0) is 15.7 Å². The van der Waals surface area contributed by atoms with Gasteiger partial charge >= 0.3 is 0 Å². The van der Waals surface area contributed by atoms with E-state index in [1.807, 2.05) is 0 Å².